The van der Waals surface area contributed by atoms with Gasteiger partial charge in [0.05, 0.1) is 4.90 Å². The number of carbonyl (C=O) groups is 1. The molecule has 0 aromatic heterocycles. The quantitative estimate of drug-likeness (QED) is 0.546. The maximum Gasteiger partial charge on any atom is 0.262 e. The maximum absolute atomic E-state index is 13.2. The second-order valence-corrected chi connectivity index (χ2v) is 9.36. The van der Waals surface area contributed by atoms with E-state index in [2.05, 4.69) is 0 Å². The fourth-order valence-electron chi connectivity index (χ4n) is 3.49. The predicted molar refractivity (Wildman–Crippen MR) is 109 cm³/mol. The van der Waals surface area contributed by atoms with E-state index in [-0.39, 0.29) is 17.4 Å². The van der Waals surface area contributed by atoms with Gasteiger partial charge in [-0.1, -0.05) is 24.9 Å². The van der Waals surface area contributed by atoms with Crippen molar-refractivity contribution in [1.29, 1.82) is 0 Å². The predicted octanol–water partition coefficient (Wildman–Crippen LogP) is 3.82. The lowest BCUT2D eigenvalue weighted by atomic mass is 9.97. The van der Waals surface area contributed by atoms with Gasteiger partial charge in [0.15, 0.2) is 0 Å². The summed E-state index contributed by atoms with van der Waals surface area (Å²) in [6.45, 7) is 2.03. The van der Waals surface area contributed by atoms with E-state index < -0.39 is 22.0 Å². The van der Waals surface area contributed by atoms with E-state index in [0.29, 0.717) is 29.4 Å². The van der Waals surface area contributed by atoms with E-state index in [1.165, 1.54) is 16.4 Å². The van der Waals surface area contributed by atoms with Crippen molar-refractivity contribution in [3.05, 3.63) is 53.6 Å². The van der Waals surface area contributed by atoms with Crippen LogP contribution in [0.5, 0.6) is 11.5 Å². The SMILES string of the molecule is CC1CCCCN(S(=O)(=O)c2ccc(Oc3ccc(Cl)cc3)cc2)[C@@H]1C(=O)NO. The van der Waals surface area contributed by atoms with E-state index in [9.17, 15) is 13.2 Å². The average Bonchev–Trinajstić information content (AvgIpc) is 2.91. The van der Waals surface area contributed by atoms with Crippen LogP contribution in [0, 0.1) is 5.92 Å². The number of halogens is 1. The molecule has 2 aromatic carbocycles. The molecule has 0 aliphatic carbocycles. The summed E-state index contributed by atoms with van der Waals surface area (Å²) in [5, 5.41) is 9.69. The molecule has 7 nitrogen and oxygen atoms in total. The first-order valence-corrected chi connectivity index (χ1v) is 11.1. The first-order chi connectivity index (χ1) is 13.8. The zero-order chi connectivity index (χ0) is 21.0. The smallest absolute Gasteiger partial charge is 0.262 e. The van der Waals surface area contributed by atoms with Crippen LogP contribution in [-0.4, -0.2) is 36.4 Å². The molecule has 1 aliphatic heterocycles. The molecule has 1 heterocycles. The van der Waals surface area contributed by atoms with Crippen LogP contribution in [0.2, 0.25) is 5.02 Å². The number of hydroxylamine groups is 1. The van der Waals surface area contributed by atoms with Crippen molar-refractivity contribution in [3.8, 4) is 11.5 Å². The van der Waals surface area contributed by atoms with Gasteiger partial charge in [-0.3, -0.25) is 10.0 Å². The first kappa shape index (κ1) is 21.6. The monoisotopic (exact) mass is 438 g/mol. The largest absolute Gasteiger partial charge is 0.457 e. The van der Waals surface area contributed by atoms with Gasteiger partial charge in [-0.2, -0.15) is 4.31 Å². The maximum atomic E-state index is 13.2. The van der Waals surface area contributed by atoms with Crippen molar-refractivity contribution >= 4 is 27.5 Å². The van der Waals surface area contributed by atoms with Gasteiger partial charge in [0.1, 0.15) is 17.5 Å². The fraction of sp³-hybridized carbons (Fsp3) is 0.350. The van der Waals surface area contributed by atoms with Crippen LogP contribution < -0.4 is 10.2 Å². The van der Waals surface area contributed by atoms with Crippen LogP contribution in [0.15, 0.2) is 53.4 Å². The van der Waals surface area contributed by atoms with Crippen molar-refractivity contribution in [1.82, 2.24) is 9.79 Å². The van der Waals surface area contributed by atoms with Crippen molar-refractivity contribution < 1.29 is 23.2 Å². The highest BCUT2D eigenvalue weighted by Gasteiger charge is 2.40. The number of carbonyl (C=O) groups excluding carboxylic acids is 1. The molecule has 29 heavy (non-hydrogen) atoms. The van der Waals surface area contributed by atoms with Gasteiger partial charge < -0.3 is 4.74 Å². The van der Waals surface area contributed by atoms with E-state index in [1.54, 1.807) is 41.9 Å². The summed E-state index contributed by atoms with van der Waals surface area (Å²) in [6, 6.07) is 11.9. The molecule has 156 valence electrons. The summed E-state index contributed by atoms with van der Waals surface area (Å²) in [7, 11) is -3.93. The van der Waals surface area contributed by atoms with Gasteiger partial charge in [0.2, 0.25) is 10.0 Å². The highest BCUT2D eigenvalue weighted by Crippen LogP contribution is 2.30. The molecule has 1 amide bonds. The minimum absolute atomic E-state index is 0.0609. The second-order valence-electron chi connectivity index (χ2n) is 7.04. The Balaban J connectivity index is 1.85. The third-order valence-electron chi connectivity index (χ3n) is 5.00. The fourth-order valence-corrected chi connectivity index (χ4v) is 5.34. The number of nitrogens with zero attached hydrogens (tertiary/aromatic N) is 1. The topological polar surface area (TPSA) is 95.9 Å². The molecule has 1 aliphatic rings. The minimum atomic E-state index is -3.93. The summed E-state index contributed by atoms with van der Waals surface area (Å²) in [4.78, 5) is 12.3. The molecule has 3 rings (SSSR count). The molecule has 0 radical (unpaired) electrons. The number of nitrogens with one attached hydrogen (secondary N) is 1. The second kappa shape index (κ2) is 9.13. The van der Waals surface area contributed by atoms with Crippen molar-refractivity contribution in [2.24, 2.45) is 5.92 Å². The molecule has 9 heteroatoms. The lowest BCUT2D eigenvalue weighted by Gasteiger charge is -2.30. The Labute approximate surface area is 175 Å². The molecule has 1 unspecified atom stereocenters. The number of hydrogen-bond acceptors (Lipinski definition) is 5. The normalized spacial score (nSPS) is 20.7. The third kappa shape index (κ3) is 4.90. The number of sulfonamides is 1. The van der Waals surface area contributed by atoms with Gasteiger partial charge in [-0.15, -0.1) is 0 Å². The molecule has 2 aromatic rings. The summed E-state index contributed by atoms with van der Waals surface area (Å²) in [6.07, 6.45) is 2.17. The van der Waals surface area contributed by atoms with Crippen LogP contribution in [0.25, 0.3) is 0 Å². The van der Waals surface area contributed by atoms with Crippen molar-refractivity contribution in [2.75, 3.05) is 6.54 Å². The summed E-state index contributed by atoms with van der Waals surface area (Å²) < 4.78 is 33.3. The van der Waals surface area contributed by atoms with Crippen molar-refractivity contribution in [2.45, 2.75) is 37.1 Å². The number of rotatable bonds is 5. The molecule has 2 N–H and O–H groups in total. The van der Waals surface area contributed by atoms with Crippen LogP contribution in [0.1, 0.15) is 26.2 Å². The van der Waals surface area contributed by atoms with Crippen LogP contribution in [0.4, 0.5) is 0 Å². The van der Waals surface area contributed by atoms with Gasteiger partial charge in [-0.25, -0.2) is 13.9 Å². The van der Waals surface area contributed by atoms with Gasteiger partial charge in [0, 0.05) is 11.6 Å². The van der Waals surface area contributed by atoms with Crippen LogP contribution >= 0.6 is 11.6 Å². The molecule has 0 spiro atoms. The number of benzene rings is 2. The summed E-state index contributed by atoms with van der Waals surface area (Å²) in [5.41, 5.74) is 1.61. The number of hydrogen-bond donors (Lipinski definition) is 2. The van der Waals surface area contributed by atoms with Gasteiger partial charge in [0.25, 0.3) is 5.91 Å². The van der Waals surface area contributed by atoms with E-state index in [0.717, 1.165) is 6.42 Å². The highest BCUT2D eigenvalue weighted by atomic mass is 35.5. The summed E-state index contributed by atoms with van der Waals surface area (Å²) in [5.74, 6) is 0.115. The summed E-state index contributed by atoms with van der Waals surface area (Å²) >= 11 is 5.85. The average molecular weight is 439 g/mol. The minimum Gasteiger partial charge on any atom is -0.457 e. The van der Waals surface area contributed by atoms with Crippen LogP contribution in [0.3, 0.4) is 0 Å². The Morgan fingerprint density at radius 3 is 2.28 bits per heavy atom. The molecule has 1 fully saturated rings. The van der Waals surface area contributed by atoms with E-state index >= 15 is 0 Å². The third-order valence-corrected chi connectivity index (χ3v) is 7.14. The lowest BCUT2D eigenvalue weighted by molar-refractivity contribution is -0.134. The first-order valence-electron chi connectivity index (χ1n) is 9.32. The van der Waals surface area contributed by atoms with E-state index in [1.807, 2.05) is 6.92 Å². The van der Waals surface area contributed by atoms with Crippen molar-refractivity contribution in [3.63, 3.8) is 0 Å². The zero-order valence-corrected chi connectivity index (χ0v) is 17.5. The van der Waals surface area contributed by atoms with E-state index in [4.69, 9.17) is 21.5 Å². The van der Waals surface area contributed by atoms with Gasteiger partial charge >= 0.3 is 0 Å². The Morgan fingerprint density at radius 1 is 1.10 bits per heavy atom. The lowest BCUT2D eigenvalue weighted by Crippen LogP contribution is -2.51. The molecule has 1 saturated heterocycles. The molecule has 0 saturated carbocycles. The van der Waals surface area contributed by atoms with Crippen LogP contribution in [-0.2, 0) is 14.8 Å². The Hall–Kier alpha value is -2.13. The van der Waals surface area contributed by atoms with Gasteiger partial charge in [-0.05, 0) is 67.3 Å². The Kier molecular flexibility index (Phi) is 6.79. The zero-order valence-electron chi connectivity index (χ0n) is 15.9. The molecular formula is C20H23ClN2O5S. The Bertz CT molecular complexity index is 948. The molecule has 2 atom stereocenters. The molecule has 0 bridgehead atoms. The number of ether oxygens (including phenoxy) is 1. The molecular weight excluding hydrogens is 416 g/mol. The number of amides is 1. The Morgan fingerprint density at radius 2 is 1.69 bits per heavy atom. The highest BCUT2D eigenvalue weighted by molar-refractivity contribution is 7.89. The standard InChI is InChI=1S/C20H23ClN2O5S/c1-14-4-2-3-13-23(19(14)20(24)22-25)29(26,27)18-11-9-17(10-12-18)28-16-7-5-15(21)6-8-16/h5-12,14,19,25H,2-4,13H2,1H3,(H,22,24)/t14?,19-/m0/s1.